The molecular weight excluding hydrogens is 336 g/mol. The third kappa shape index (κ3) is 6.08. The molecule has 2 rings (SSSR count). The second kappa shape index (κ2) is 9.58. The molecule has 0 aromatic heterocycles. The van der Waals surface area contributed by atoms with Crippen molar-refractivity contribution in [1.29, 1.82) is 0 Å². The standard InChI is InChI=1S/C18H18N4O4/c23-15-7-3-1-5-13(15)11-19-21-17(25)9-10-18(26)22-20-12-14-6-2-4-8-16(14)24/h1-8,11-12,23-24H,9-10H2,(H,21,25)(H,22,26)/b19-11+,20-12+. The summed E-state index contributed by atoms with van der Waals surface area (Å²) in [5.41, 5.74) is 5.47. The van der Waals surface area contributed by atoms with Crippen LogP contribution in [0.25, 0.3) is 0 Å². The quantitative estimate of drug-likeness (QED) is 0.444. The van der Waals surface area contributed by atoms with E-state index in [0.29, 0.717) is 11.1 Å². The van der Waals surface area contributed by atoms with Crippen molar-refractivity contribution in [2.45, 2.75) is 12.8 Å². The van der Waals surface area contributed by atoms with Gasteiger partial charge < -0.3 is 10.2 Å². The van der Waals surface area contributed by atoms with Crippen molar-refractivity contribution in [2.75, 3.05) is 0 Å². The van der Waals surface area contributed by atoms with E-state index in [0.717, 1.165) is 0 Å². The first-order valence-electron chi connectivity index (χ1n) is 7.76. The molecule has 2 aromatic carbocycles. The average molecular weight is 354 g/mol. The van der Waals surface area contributed by atoms with Gasteiger partial charge in [-0.15, -0.1) is 0 Å². The molecule has 4 N–H and O–H groups in total. The Balaban J connectivity index is 1.71. The number of aromatic hydroxyl groups is 2. The van der Waals surface area contributed by atoms with Gasteiger partial charge in [0, 0.05) is 24.0 Å². The van der Waals surface area contributed by atoms with Crippen LogP contribution in [0.15, 0.2) is 58.7 Å². The number of hydrogen-bond donors (Lipinski definition) is 4. The first-order valence-corrected chi connectivity index (χ1v) is 7.76. The molecule has 0 unspecified atom stereocenters. The highest BCUT2D eigenvalue weighted by molar-refractivity contribution is 5.87. The summed E-state index contributed by atoms with van der Waals surface area (Å²) >= 11 is 0. The van der Waals surface area contributed by atoms with Gasteiger partial charge in [0.1, 0.15) is 11.5 Å². The van der Waals surface area contributed by atoms with E-state index in [1.54, 1.807) is 36.4 Å². The first-order chi connectivity index (χ1) is 12.6. The van der Waals surface area contributed by atoms with E-state index in [9.17, 15) is 19.8 Å². The molecule has 0 bridgehead atoms. The van der Waals surface area contributed by atoms with Gasteiger partial charge in [-0.05, 0) is 24.3 Å². The molecule has 26 heavy (non-hydrogen) atoms. The van der Waals surface area contributed by atoms with Crippen LogP contribution in [0.2, 0.25) is 0 Å². The van der Waals surface area contributed by atoms with Crippen LogP contribution >= 0.6 is 0 Å². The maximum absolute atomic E-state index is 11.6. The fourth-order valence-corrected chi connectivity index (χ4v) is 1.88. The number of hydrogen-bond acceptors (Lipinski definition) is 6. The summed E-state index contributed by atoms with van der Waals surface area (Å²) in [4.78, 5) is 23.2. The molecule has 0 saturated carbocycles. The number of carbonyl (C=O) groups is 2. The topological polar surface area (TPSA) is 123 Å². The zero-order valence-electron chi connectivity index (χ0n) is 13.8. The van der Waals surface area contributed by atoms with Gasteiger partial charge >= 0.3 is 0 Å². The monoisotopic (exact) mass is 354 g/mol. The Labute approximate surface area is 149 Å². The van der Waals surface area contributed by atoms with Gasteiger partial charge in [0.15, 0.2) is 0 Å². The summed E-state index contributed by atoms with van der Waals surface area (Å²) in [5, 5.41) is 26.5. The minimum absolute atomic E-state index is 0.0483. The van der Waals surface area contributed by atoms with Crippen molar-refractivity contribution in [3.63, 3.8) is 0 Å². The summed E-state index contributed by atoms with van der Waals surface area (Å²) in [6.45, 7) is 0. The summed E-state index contributed by atoms with van der Waals surface area (Å²) < 4.78 is 0. The van der Waals surface area contributed by atoms with Crippen LogP contribution in [0.1, 0.15) is 24.0 Å². The summed E-state index contributed by atoms with van der Waals surface area (Å²) in [5.74, 6) is -0.799. The number of nitrogens with zero attached hydrogens (tertiary/aromatic N) is 2. The maximum Gasteiger partial charge on any atom is 0.240 e. The molecule has 0 atom stereocenters. The number of amides is 2. The smallest absolute Gasteiger partial charge is 0.240 e. The average Bonchev–Trinajstić information content (AvgIpc) is 2.63. The molecule has 2 aromatic rings. The molecule has 0 spiro atoms. The highest BCUT2D eigenvalue weighted by Crippen LogP contribution is 2.13. The molecular formula is C18H18N4O4. The number of hydrazone groups is 2. The van der Waals surface area contributed by atoms with Crippen LogP contribution in [-0.2, 0) is 9.59 Å². The van der Waals surface area contributed by atoms with Gasteiger partial charge in [-0.1, -0.05) is 24.3 Å². The van der Waals surface area contributed by atoms with Crippen molar-refractivity contribution in [2.24, 2.45) is 10.2 Å². The number of phenolic OH excluding ortho intramolecular Hbond substituents is 2. The van der Waals surface area contributed by atoms with Gasteiger partial charge in [-0.3, -0.25) is 9.59 Å². The second-order valence-corrected chi connectivity index (χ2v) is 5.20. The zero-order valence-corrected chi connectivity index (χ0v) is 13.8. The number of rotatable bonds is 7. The molecule has 0 aliphatic heterocycles. The number of carbonyl (C=O) groups excluding carboxylic acids is 2. The van der Waals surface area contributed by atoms with E-state index in [-0.39, 0.29) is 24.3 Å². The number of nitrogens with one attached hydrogen (secondary N) is 2. The number of benzene rings is 2. The van der Waals surface area contributed by atoms with Gasteiger partial charge in [0.2, 0.25) is 11.8 Å². The number of phenols is 2. The Morgan fingerprint density at radius 3 is 1.54 bits per heavy atom. The third-order valence-electron chi connectivity index (χ3n) is 3.24. The van der Waals surface area contributed by atoms with Gasteiger partial charge in [0.25, 0.3) is 0 Å². The maximum atomic E-state index is 11.6. The van der Waals surface area contributed by atoms with Crippen molar-refractivity contribution in [1.82, 2.24) is 10.9 Å². The Hall–Kier alpha value is -3.68. The van der Waals surface area contributed by atoms with E-state index in [1.165, 1.54) is 24.6 Å². The Morgan fingerprint density at radius 2 is 1.15 bits per heavy atom. The minimum atomic E-state index is -0.448. The van der Waals surface area contributed by atoms with E-state index < -0.39 is 11.8 Å². The van der Waals surface area contributed by atoms with E-state index >= 15 is 0 Å². The molecule has 8 heteroatoms. The van der Waals surface area contributed by atoms with Crippen molar-refractivity contribution >= 4 is 24.2 Å². The normalized spacial score (nSPS) is 10.9. The highest BCUT2D eigenvalue weighted by Gasteiger charge is 2.05. The van der Waals surface area contributed by atoms with Gasteiger partial charge in [-0.25, -0.2) is 10.9 Å². The Kier molecular flexibility index (Phi) is 6.87. The lowest BCUT2D eigenvalue weighted by Gasteiger charge is -2.01. The Bertz CT molecular complexity index is 764. The zero-order chi connectivity index (χ0) is 18.8. The minimum Gasteiger partial charge on any atom is -0.507 e. The lowest BCUT2D eigenvalue weighted by molar-refractivity contribution is -0.126. The fraction of sp³-hybridized carbons (Fsp3) is 0.111. The van der Waals surface area contributed by atoms with Crippen LogP contribution in [0, 0.1) is 0 Å². The van der Waals surface area contributed by atoms with Crippen molar-refractivity contribution in [3.8, 4) is 11.5 Å². The summed E-state index contributed by atoms with van der Waals surface area (Å²) in [6, 6.07) is 13.1. The summed E-state index contributed by atoms with van der Waals surface area (Å²) in [6.07, 6.45) is 2.47. The molecule has 0 aliphatic rings. The third-order valence-corrected chi connectivity index (χ3v) is 3.24. The molecule has 0 radical (unpaired) electrons. The highest BCUT2D eigenvalue weighted by atomic mass is 16.3. The van der Waals surface area contributed by atoms with Gasteiger partial charge in [0.05, 0.1) is 12.4 Å². The first kappa shape index (κ1) is 18.7. The number of para-hydroxylation sites is 2. The van der Waals surface area contributed by atoms with Gasteiger partial charge in [-0.2, -0.15) is 10.2 Å². The lowest BCUT2D eigenvalue weighted by Crippen LogP contribution is -2.22. The molecule has 0 saturated heterocycles. The lowest BCUT2D eigenvalue weighted by atomic mass is 10.2. The van der Waals surface area contributed by atoms with Crippen molar-refractivity contribution in [3.05, 3.63) is 59.7 Å². The molecule has 134 valence electrons. The van der Waals surface area contributed by atoms with E-state index in [1.807, 2.05) is 0 Å². The SMILES string of the molecule is O=C(CCC(=O)N/N=C/c1ccccc1O)N/N=C/c1ccccc1O. The second-order valence-electron chi connectivity index (χ2n) is 5.20. The molecule has 0 fully saturated rings. The Morgan fingerprint density at radius 1 is 0.769 bits per heavy atom. The molecule has 8 nitrogen and oxygen atoms in total. The predicted molar refractivity (Wildman–Crippen MR) is 96.9 cm³/mol. The summed E-state index contributed by atoms with van der Waals surface area (Å²) in [7, 11) is 0. The predicted octanol–water partition coefficient (Wildman–Crippen LogP) is 1.48. The van der Waals surface area contributed by atoms with Crippen LogP contribution in [0.5, 0.6) is 11.5 Å². The van der Waals surface area contributed by atoms with Crippen molar-refractivity contribution < 1.29 is 19.8 Å². The van der Waals surface area contributed by atoms with Crippen LogP contribution in [0.3, 0.4) is 0 Å². The van der Waals surface area contributed by atoms with E-state index in [2.05, 4.69) is 21.1 Å². The van der Waals surface area contributed by atoms with Crippen LogP contribution < -0.4 is 10.9 Å². The molecule has 2 amide bonds. The van der Waals surface area contributed by atoms with Crippen LogP contribution in [0.4, 0.5) is 0 Å². The largest absolute Gasteiger partial charge is 0.507 e. The van der Waals surface area contributed by atoms with Crippen LogP contribution in [-0.4, -0.2) is 34.5 Å². The fourth-order valence-electron chi connectivity index (χ4n) is 1.88. The molecule has 0 heterocycles. The molecule has 0 aliphatic carbocycles. The van der Waals surface area contributed by atoms with E-state index in [4.69, 9.17) is 0 Å².